The number of hydrogen-bond donors (Lipinski definition) is 2. The Kier molecular flexibility index (Phi) is 5.87. The highest BCUT2D eigenvalue weighted by atomic mass is 19.4. The van der Waals surface area contributed by atoms with Gasteiger partial charge in [0.1, 0.15) is 6.61 Å². The highest BCUT2D eigenvalue weighted by Gasteiger charge is 2.43. The normalized spacial score (nSPS) is 22.1. The van der Waals surface area contributed by atoms with E-state index in [1.54, 1.807) is 0 Å². The van der Waals surface area contributed by atoms with Crippen LogP contribution in [0.4, 0.5) is 18.0 Å². The molecule has 0 radical (unpaired) electrons. The number of aliphatic hydroxyl groups excluding tert-OH is 1. The lowest BCUT2D eigenvalue weighted by Crippen LogP contribution is -2.45. The lowest BCUT2D eigenvalue weighted by Gasteiger charge is -2.37. The first-order valence-electron chi connectivity index (χ1n) is 7.53. The first-order chi connectivity index (χ1) is 10.9. The van der Waals surface area contributed by atoms with Crippen LogP contribution in [0.25, 0.3) is 0 Å². The third kappa shape index (κ3) is 5.42. The van der Waals surface area contributed by atoms with Crippen molar-refractivity contribution in [2.45, 2.75) is 38.1 Å². The quantitative estimate of drug-likeness (QED) is 0.841. The molecule has 0 aliphatic heterocycles. The molecule has 0 bridgehead atoms. The molecule has 1 saturated carbocycles. The molecular formula is C16H20F3NO3. The average molecular weight is 331 g/mol. The highest BCUT2D eigenvalue weighted by Crippen LogP contribution is 2.38. The van der Waals surface area contributed by atoms with Gasteiger partial charge in [0.2, 0.25) is 0 Å². The van der Waals surface area contributed by atoms with Crippen LogP contribution < -0.4 is 5.32 Å². The van der Waals surface area contributed by atoms with Crippen molar-refractivity contribution >= 4 is 6.09 Å². The molecule has 23 heavy (non-hydrogen) atoms. The third-order valence-electron chi connectivity index (χ3n) is 4.07. The molecule has 1 amide bonds. The summed E-state index contributed by atoms with van der Waals surface area (Å²) in [4.78, 5) is 11.6. The van der Waals surface area contributed by atoms with Gasteiger partial charge < -0.3 is 15.2 Å². The number of carbonyl (C=O) groups is 1. The fourth-order valence-corrected chi connectivity index (χ4v) is 2.69. The molecule has 0 unspecified atom stereocenters. The van der Waals surface area contributed by atoms with Gasteiger partial charge in [0.15, 0.2) is 0 Å². The van der Waals surface area contributed by atoms with Crippen molar-refractivity contribution in [1.82, 2.24) is 5.32 Å². The Morgan fingerprint density at radius 3 is 2.52 bits per heavy atom. The Bertz CT molecular complexity index is 501. The Balaban J connectivity index is 1.64. The van der Waals surface area contributed by atoms with Crippen molar-refractivity contribution in [3.63, 3.8) is 0 Å². The average Bonchev–Trinajstić information content (AvgIpc) is 2.47. The molecule has 4 nitrogen and oxygen atoms in total. The molecule has 2 rings (SSSR count). The first-order valence-corrected chi connectivity index (χ1v) is 7.53. The zero-order chi connectivity index (χ0) is 16.9. The molecule has 2 N–H and O–H groups in total. The van der Waals surface area contributed by atoms with E-state index in [-0.39, 0.29) is 25.0 Å². The highest BCUT2D eigenvalue weighted by molar-refractivity contribution is 5.67. The van der Waals surface area contributed by atoms with E-state index >= 15 is 0 Å². The number of hydrogen-bond acceptors (Lipinski definition) is 3. The molecule has 1 atom stereocenters. The predicted octanol–water partition coefficient (Wildman–Crippen LogP) is 3.25. The monoisotopic (exact) mass is 331 g/mol. The van der Waals surface area contributed by atoms with Crippen LogP contribution in [0.2, 0.25) is 0 Å². The molecule has 0 aromatic heterocycles. The second kappa shape index (κ2) is 7.68. The maximum absolute atomic E-state index is 12.6. The van der Waals surface area contributed by atoms with Gasteiger partial charge in [-0.3, -0.25) is 0 Å². The molecule has 0 heterocycles. The summed E-state index contributed by atoms with van der Waals surface area (Å²) in [5, 5.41) is 11.5. The number of benzene rings is 1. The topological polar surface area (TPSA) is 58.6 Å². The van der Waals surface area contributed by atoms with Crippen LogP contribution in [-0.4, -0.2) is 30.0 Å². The number of alkyl carbamates (subject to hydrolysis) is 1. The molecule has 128 valence electrons. The fourth-order valence-electron chi connectivity index (χ4n) is 2.69. The van der Waals surface area contributed by atoms with Crippen molar-refractivity contribution in [3.05, 3.63) is 35.9 Å². The number of amides is 1. The second-order valence-corrected chi connectivity index (χ2v) is 5.90. The number of carbonyl (C=O) groups excluding carboxylic acids is 1. The molecule has 1 aromatic carbocycles. The summed E-state index contributed by atoms with van der Waals surface area (Å²) in [6.45, 7) is -0.735. The van der Waals surface area contributed by atoms with Crippen molar-refractivity contribution in [1.29, 1.82) is 0 Å². The SMILES string of the molecule is O=C(NC1CC(C[C@H](CO)C(F)(F)F)C1)OCc1ccccc1. The number of ether oxygens (including phenoxy) is 1. The summed E-state index contributed by atoms with van der Waals surface area (Å²) >= 11 is 0. The summed E-state index contributed by atoms with van der Waals surface area (Å²) in [5.74, 6) is -1.81. The Morgan fingerprint density at radius 1 is 1.30 bits per heavy atom. The lowest BCUT2D eigenvalue weighted by atomic mass is 9.75. The minimum absolute atomic E-state index is 0.1000. The van der Waals surface area contributed by atoms with Gasteiger partial charge in [0, 0.05) is 6.04 Å². The molecule has 1 fully saturated rings. The number of aliphatic hydroxyl groups is 1. The van der Waals surface area contributed by atoms with Gasteiger partial charge >= 0.3 is 12.3 Å². The molecule has 0 saturated heterocycles. The van der Waals surface area contributed by atoms with Gasteiger partial charge in [0.25, 0.3) is 0 Å². The van der Waals surface area contributed by atoms with Gasteiger partial charge in [-0.1, -0.05) is 30.3 Å². The minimum atomic E-state index is -4.37. The largest absolute Gasteiger partial charge is 0.445 e. The van der Waals surface area contributed by atoms with Crippen LogP contribution in [0.5, 0.6) is 0 Å². The second-order valence-electron chi connectivity index (χ2n) is 5.90. The van der Waals surface area contributed by atoms with Gasteiger partial charge in [0.05, 0.1) is 12.5 Å². The minimum Gasteiger partial charge on any atom is -0.445 e. The van der Waals surface area contributed by atoms with Crippen LogP contribution in [0, 0.1) is 11.8 Å². The van der Waals surface area contributed by atoms with Gasteiger partial charge in [-0.2, -0.15) is 13.2 Å². The van der Waals surface area contributed by atoms with E-state index < -0.39 is 24.8 Å². The number of halogens is 3. The zero-order valence-electron chi connectivity index (χ0n) is 12.6. The molecule has 7 heteroatoms. The number of alkyl halides is 3. The van der Waals surface area contributed by atoms with E-state index in [2.05, 4.69) is 5.32 Å². The standard InChI is InChI=1S/C16H20F3NO3/c17-16(18,19)13(9-21)6-12-7-14(8-12)20-15(22)23-10-11-4-2-1-3-5-11/h1-5,12-14,21H,6-10H2,(H,20,22)/t12?,13-,14?/m1/s1. The van der Waals surface area contributed by atoms with E-state index in [9.17, 15) is 18.0 Å². The molecular weight excluding hydrogens is 311 g/mol. The van der Waals surface area contributed by atoms with Crippen LogP contribution in [0.1, 0.15) is 24.8 Å². The third-order valence-corrected chi connectivity index (χ3v) is 4.07. The van der Waals surface area contributed by atoms with Crippen LogP contribution in [0.15, 0.2) is 30.3 Å². The van der Waals surface area contributed by atoms with Gasteiger partial charge in [-0.15, -0.1) is 0 Å². The maximum atomic E-state index is 12.6. The lowest BCUT2D eigenvalue weighted by molar-refractivity contribution is -0.190. The summed E-state index contributed by atoms with van der Waals surface area (Å²) < 4.78 is 42.7. The Labute approximate surface area is 132 Å². The van der Waals surface area contributed by atoms with Crippen LogP contribution in [-0.2, 0) is 11.3 Å². The smallest absolute Gasteiger partial charge is 0.407 e. The van der Waals surface area contributed by atoms with E-state index in [1.165, 1.54) is 0 Å². The van der Waals surface area contributed by atoms with Crippen molar-refractivity contribution in [2.24, 2.45) is 11.8 Å². The predicted molar refractivity (Wildman–Crippen MR) is 77.5 cm³/mol. The summed E-state index contributed by atoms with van der Waals surface area (Å²) in [5.41, 5.74) is 0.866. The number of rotatable bonds is 6. The summed E-state index contributed by atoms with van der Waals surface area (Å²) in [6, 6.07) is 9.04. The Hall–Kier alpha value is -1.76. The van der Waals surface area contributed by atoms with Gasteiger partial charge in [-0.25, -0.2) is 4.79 Å². The Morgan fingerprint density at radius 2 is 1.96 bits per heavy atom. The van der Waals surface area contributed by atoms with E-state index in [0.717, 1.165) is 5.56 Å². The summed E-state index contributed by atoms with van der Waals surface area (Å²) in [7, 11) is 0. The van der Waals surface area contributed by atoms with Crippen LogP contribution >= 0.6 is 0 Å². The maximum Gasteiger partial charge on any atom is 0.407 e. The molecule has 0 spiro atoms. The first kappa shape index (κ1) is 17.6. The van der Waals surface area contributed by atoms with Crippen molar-refractivity contribution in [2.75, 3.05) is 6.61 Å². The summed E-state index contributed by atoms with van der Waals surface area (Å²) in [6.07, 6.45) is -4.08. The molecule has 1 aliphatic carbocycles. The van der Waals surface area contributed by atoms with Crippen molar-refractivity contribution in [3.8, 4) is 0 Å². The van der Waals surface area contributed by atoms with Gasteiger partial charge in [-0.05, 0) is 30.7 Å². The van der Waals surface area contributed by atoms with Crippen LogP contribution in [0.3, 0.4) is 0 Å². The fraction of sp³-hybridized carbons (Fsp3) is 0.562. The molecule has 1 aliphatic rings. The van der Waals surface area contributed by atoms with Crippen molar-refractivity contribution < 1.29 is 27.8 Å². The van der Waals surface area contributed by atoms with E-state index in [0.29, 0.717) is 12.8 Å². The number of nitrogens with one attached hydrogen (secondary N) is 1. The molecule has 1 aromatic rings. The van der Waals surface area contributed by atoms with E-state index in [4.69, 9.17) is 9.84 Å². The van der Waals surface area contributed by atoms with E-state index in [1.807, 2.05) is 30.3 Å². The zero-order valence-corrected chi connectivity index (χ0v) is 12.6.